The fourth-order valence-electron chi connectivity index (χ4n) is 2.20. The molecule has 0 bridgehead atoms. The van der Waals surface area contributed by atoms with E-state index in [0.717, 1.165) is 13.0 Å². The van der Waals surface area contributed by atoms with Gasteiger partial charge in [-0.25, -0.2) is 4.68 Å². The van der Waals surface area contributed by atoms with Crippen molar-refractivity contribution >= 4 is 0 Å². The van der Waals surface area contributed by atoms with E-state index in [4.69, 9.17) is 0 Å². The maximum atomic E-state index is 4.12. The van der Waals surface area contributed by atoms with Crippen molar-refractivity contribution in [1.29, 1.82) is 0 Å². The molecule has 1 aliphatic rings. The summed E-state index contributed by atoms with van der Waals surface area (Å²) in [5, 5.41) is 11.7. The van der Waals surface area contributed by atoms with Crippen molar-refractivity contribution in [3.63, 3.8) is 0 Å². The van der Waals surface area contributed by atoms with Crippen LogP contribution in [0.25, 0.3) is 0 Å². The maximum Gasteiger partial charge on any atom is 0.0725 e. The lowest BCUT2D eigenvalue weighted by Crippen LogP contribution is -2.36. The van der Waals surface area contributed by atoms with Crippen LogP contribution in [0.2, 0.25) is 0 Å². The van der Waals surface area contributed by atoms with Crippen molar-refractivity contribution in [3.8, 4) is 0 Å². The van der Waals surface area contributed by atoms with Crippen molar-refractivity contribution in [2.45, 2.75) is 51.6 Å². The van der Waals surface area contributed by atoms with Crippen LogP contribution in [0, 0.1) is 0 Å². The summed E-state index contributed by atoms with van der Waals surface area (Å²) in [4.78, 5) is 0. The van der Waals surface area contributed by atoms with Crippen LogP contribution < -0.4 is 5.32 Å². The molecule has 0 aliphatic carbocycles. The Bertz CT molecular complexity index is 299. The molecule has 1 atom stereocenters. The molecular formula is C11H20N4. The molecule has 84 valence electrons. The second-order valence-electron chi connectivity index (χ2n) is 4.61. The molecule has 1 fully saturated rings. The molecule has 2 rings (SSSR count). The first kappa shape index (κ1) is 10.6. The minimum Gasteiger partial charge on any atom is -0.314 e. The fourth-order valence-corrected chi connectivity index (χ4v) is 2.20. The van der Waals surface area contributed by atoms with Crippen molar-refractivity contribution in [2.24, 2.45) is 0 Å². The second kappa shape index (κ2) is 4.75. The lowest BCUT2D eigenvalue weighted by Gasteiger charge is -2.23. The molecule has 4 nitrogen and oxygen atoms in total. The van der Waals surface area contributed by atoms with E-state index in [1.165, 1.54) is 25.0 Å². The van der Waals surface area contributed by atoms with Gasteiger partial charge in [-0.2, -0.15) is 0 Å². The zero-order valence-electron chi connectivity index (χ0n) is 9.61. The average molecular weight is 208 g/mol. The molecule has 0 spiro atoms. The third-order valence-electron chi connectivity index (χ3n) is 3.01. The molecule has 0 saturated carbocycles. The van der Waals surface area contributed by atoms with E-state index in [2.05, 4.69) is 29.5 Å². The number of aromatic nitrogens is 3. The quantitative estimate of drug-likeness (QED) is 0.819. The Labute approximate surface area is 91.1 Å². The van der Waals surface area contributed by atoms with E-state index in [0.29, 0.717) is 12.1 Å². The van der Waals surface area contributed by atoms with Crippen LogP contribution in [0.15, 0.2) is 6.20 Å². The Morgan fingerprint density at radius 2 is 2.40 bits per heavy atom. The molecule has 1 aromatic rings. The molecule has 1 N–H and O–H groups in total. The van der Waals surface area contributed by atoms with Gasteiger partial charge >= 0.3 is 0 Å². The Morgan fingerprint density at radius 1 is 1.53 bits per heavy atom. The fraction of sp³-hybridized carbons (Fsp3) is 0.818. The number of rotatable bonds is 3. The SMILES string of the molecule is CC(C)n1nncc1CC1CCCCN1. The number of piperidine rings is 1. The largest absolute Gasteiger partial charge is 0.314 e. The van der Waals surface area contributed by atoms with Crippen LogP contribution in [0.4, 0.5) is 0 Å². The van der Waals surface area contributed by atoms with Crippen molar-refractivity contribution in [2.75, 3.05) is 6.54 Å². The van der Waals surface area contributed by atoms with E-state index in [9.17, 15) is 0 Å². The van der Waals surface area contributed by atoms with E-state index in [1.54, 1.807) is 0 Å². The Morgan fingerprint density at radius 3 is 3.07 bits per heavy atom. The maximum absolute atomic E-state index is 4.12. The summed E-state index contributed by atoms with van der Waals surface area (Å²) < 4.78 is 2.02. The first-order chi connectivity index (χ1) is 7.27. The van der Waals surface area contributed by atoms with Crippen LogP contribution in [0.1, 0.15) is 44.8 Å². The predicted octanol–water partition coefficient (Wildman–Crippen LogP) is 1.54. The van der Waals surface area contributed by atoms with Crippen molar-refractivity contribution in [3.05, 3.63) is 11.9 Å². The van der Waals surface area contributed by atoms with Gasteiger partial charge in [0.25, 0.3) is 0 Å². The van der Waals surface area contributed by atoms with Gasteiger partial charge in [-0.05, 0) is 33.2 Å². The smallest absolute Gasteiger partial charge is 0.0725 e. The highest BCUT2D eigenvalue weighted by molar-refractivity contribution is 4.99. The van der Waals surface area contributed by atoms with Gasteiger partial charge in [-0.3, -0.25) is 0 Å². The Hall–Kier alpha value is -0.900. The minimum absolute atomic E-state index is 0.408. The molecule has 2 heterocycles. The van der Waals surface area contributed by atoms with Gasteiger partial charge < -0.3 is 5.32 Å². The minimum atomic E-state index is 0.408. The summed E-state index contributed by atoms with van der Waals surface area (Å²) in [6, 6.07) is 1.03. The summed E-state index contributed by atoms with van der Waals surface area (Å²) in [5.41, 5.74) is 1.25. The van der Waals surface area contributed by atoms with E-state index in [-0.39, 0.29) is 0 Å². The molecule has 1 unspecified atom stereocenters. The molecule has 0 aromatic carbocycles. The monoisotopic (exact) mass is 208 g/mol. The zero-order chi connectivity index (χ0) is 10.7. The molecular weight excluding hydrogens is 188 g/mol. The number of nitrogens with one attached hydrogen (secondary N) is 1. The molecule has 4 heteroatoms. The van der Waals surface area contributed by atoms with Crippen LogP contribution in [-0.4, -0.2) is 27.6 Å². The van der Waals surface area contributed by atoms with Crippen LogP contribution >= 0.6 is 0 Å². The van der Waals surface area contributed by atoms with Crippen LogP contribution in [0.3, 0.4) is 0 Å². The number of nitrogens with zero attached hydrogens (tertiary/aromatic N) is 3. The standard InChI is InChI=1S/C11H20N4/c1-9(2)15-11(8-13-14-15)7-10-5-3-4-6-12-10/h8-10,12H,3-7H2,1-2H3. The summed E-state index contributed by atoms with van der Waals surface area (Å²) in [6.45, 7) is 5.45. The second-order valence-corrected chi connectivity index (χ2v) is 4.61. The van der Waals surface area contributed by atoms with E-state index in [1.807, 2.05) is 10.9 Å². The van der Waals surface area contributed by atoms with Crippen LogP contribution in [-0.2, 0) is 6.42 Å². The lowest BCUT2D eigenvalue weighted by molar-refractivity contribution is 0.385. The van der Waals surface area contributed by atoms with Gasteiger partial charge in [0.2, 0.25) is 0 Å². The molecule has 1 aromatic heterocycles. The molecule has 1 aliphatic heterocycles. The van der Waals surface area contributed by atoms with Crippen LogP contribution in [0.5, 0.6) is 0 Å². The Balaban J connectivity index is 1.99. The van der Waals surface area contributed by atoms with Crippen molar-refractivity contribution < 1.29 is 0 Å². The average Bonchev–Trinajstić information content (AvgIpc) is 2.67. The third-order valence-corrected chi connectivity index (χ3v) is 3.01. The molecule has 0 radical (unpaired) electrons. The van der Waals surface area contributed by atoms with Gasteiger partial charge in [-0.15, -0.1) is 5.10 Å². The normalized spacial score (nSPS) is 22.2. The molecule has 15 heavy (non-hydrogen) atoms. The highest BCUT2D eigenvalue weighted by Gasteiger charge is 2.16. The van der Waals surface area contributed by atoms with E-state index < -0.39 is 0 Å². The number of hydrogen-bond acceptors (Lipinski definition) is 3. The van der Waals surface area contributed by atoms with Gasteiger partial charge in [-0.1, -0.05) is 11.6 Å². The first-order valence-electron chi connectivity index (χ1n) is 5.90. The highest BCUT2D eigenvalue weighted by atomic mass is 15.4. The molecule has 0 amide bonds. The predicted molar refractivity (Wildman–Crippen MR) is 59.8 cm³/mol. The van der Waals surface area contributed by atoms with Crippen molar-refractivity contribution in [1.82, 2.24) is 20.3 Å². The Kier molecular flexibility index (Phi) is 3.36. The van der Waals surface area contributed by atoms with Gasteiger partial charge in [0, 0.05) is 18.5 Å². The third kappa shape index (κ3) is 2.56. The topological polar surface area (TPSA) is 42.7 Å². The van der Waals surface area contributed by atoms with E-state index >= 15 is 0 Å². The summed E-state index contributed by atoms with van der Waals surface area (Å²) in [7, 11) is 0. The van der Waals surface area contributed by atoms with Gasteiger partial charge in [0.1, 0.15) is 0 Å². The van der Waals surface area contributed by atoms with Gasteiger partial charge in [0.05, 0.1) is 11.9 Å². The first-order valence-corrected chi connectivity index (χ1v) is 5.90. The summed E-state index contributed by atoms with van der Waals surface area (Å²) in [5.74, 6) is 0. The number of hydrogen-bond donors (Lipinski definition) is 1. The molecule has 1 saturated heterocycles. The summed E-state index contributed by atoms with van der Waals surface area (Å²) >= 11 is 0. The highest BCUT2D eigenvalue weighted by Crippen LogP contribution is 2.14. The lowest BCUT2D eigenvalue weighted by atomic mass is 10.0. The summed E-state index contributed by atoms with van der Waals surface area (Å²) in [6.07, 6.45) is 6.91. The van der Waals surface area contributed by atoms with Gasteiger partial charge in [0.15, 0.2) is 0 Å². The zero-order valence-corrected chi connectivity index (χ0v) is 9.61.